The molecule has 0 aliphatic heterocycles. The third-order valence-electron chi connectivity index (χ3n) is 2.98. The molecule has 0 heterocycles. The van der Waals surface area contributed by atoms with Gasteiger partial charge in [-0.25, -0.2) is 0 Å². The summed E-state index contributed by atoms with van der Waals surface area (Å²) >= 11 is 11.9. The molecular formula is C15H11Cl2N. The molecule has 2 aromatic carbocycles. The monoisotopic (exact) mass is 275 g/mol. The summed E-state index contributed by atoms with van der Waals surface area (Å²) in [5.41, 5.74) is 2.92. The quantitative estimate of drug-likeness (QED) is 0.755. The van der Waals surface area contributed by atoms with Crippen LogP contribution in [-0.2, 0) is 0 Å². The lowest BCUT2D eigenvalue weighted by Crippen LogP contribution is -1.96. The zero-order valence-corrected chi connectivity index (χ0v) is 11.3. The van der Waals surface area contributed by atoms with Gasteiger partial charge in [0.15, 0.2) is 0 Å². The van der Waals surface area contributed by atoms with Crippen LogP contribution in [0.1, 0.15) is 29.5 Å². The van der Waals surface area contributed by atoms with Gasteiger partial charge in [0.2, 0.25) is 0 Å². The fourth-order valence-electron chi connectivity index (χ4n) is 1.82. The van der Waals surface area contributed by atoms with Crippen LogP contribution in [-0.4, -0.2) is 0 Å². The van der Waals surface area contributed by atoms with Crippen molar-refractivity contribution in [2.45, 2.75) is 12.8 Å². The van der Waals surface area contributed by atoms with E-state index in [1.54, 1.807) is 6.07 Å². The highest BCUT2D eigenvalue weighted by molar-refractivity contribution is 6.42. The van der Waals surface area contributed by atoms with Crippen LogP contribution in [0.15, 0.2) is 42.5 Å². The van der Waals surface area contributed by atoms with E-state index in [1.165, 1.54) is 0 Å². The Morgan fingerprint density at radius 1 is 0.944 bits per heavy atom. The molecule has 0 aromatic heterocycles. The predicted octanol–water partition coefficient (Wildman–Crippen LogP) is 5.02. The molecule has 3 heteroatoms. The Balaban J connectivity index is 2.32. The third-order valence-corrected chi connectivity index (χ3v) is 3.72. The minimum Gasteiger partial charge on any atom is -0.192 e. The van der Waals surface area contributed by atoms with Crippen molar-refractivity contribution in [3.8, 4) is 6.07 Å². The summed E-state index contributed by atoms with van der Waals surface area (Å²) in [5, 5.41) is 9.90. The summed E-state index contributed by atoms with van der Waals surface area (Å²) in [4.78, 5) is 0. The summed E-state index contributed by atoms with van der Waals surface area (Å²) in [6, 6.07) is 15.3. The molecule has 0 bridgehead atoms. The van der Waals surface area contributed by atoms with Gasteiger partial charge in [0.05, 0.1) is 21.7 Å². The Morgan fingerprint density at radius 2 is 1.56 bits per heavy atom. The Morgan fingerprint density at radius 3 is 2.11 bits per heavy atom. The molecule has 0 saturated heterocycles. The first-order valence-corrected chi connectivity index (χ1v) is 6.32. The van der Waals surface area contributed by atoms with Crippen molar-refractivity contribution in [3.63, 3.8) is 0 Å². The highest BCUT2D eigenvalue weighted by Crippen LogP contribution is 2.30. The maximum Gasteiger partial charge on any atom is 0.0991 e. The van der Waals surface area contributed by atoms with Gasteiger partial charge >= 0.3 is 0 Å². The van der Waals surface area contributed by atoms with E-state index in [2.05, 4.69) is 13.0 Å². The number of benzene rings is 2. The SMILES string of the molecule is CC(c1ccc(C#N)cc1)c1ccc(Cl)c(Cl)c1. The van der Waals surface area contributed by atoms with E-state index in [1.807, 2.05) is 36.4 Å². The van der Waals surface area contributed by atoms with Crippen LogP contribution in [0.4, 0.5) is 0 Å². The first kappa shape index (κ1) is 13.0. The highest BCUT2D eigenvalue weighted by Gasteiger charge is 2.10. The van der Waals surface area contributed by atoms with Gasteiger partial charge in [0.25, 0.3) is 0 Å². The van der Waals surface area contributed by atoms with Gasteiger partial charge in [-0.1, -0.05) is 48.3 Å². The molecule has 90 valence electrons. The van der Waals surface area contributed by atoms with Crippen LogP contribution >= 0.6 is 23.2 Å². The van der Waals surface area contributed by atoms with Gasteiger partial charge in [0.1, 0.15) is 0 Å². The van der Waals surface area contributed by atoms with E-state index < -0.39 is 0 Å². The molecule has 0 aliphatic carbocycles. The van der Waals surface area contributed by atoms with E-state index in [9.17, 15) is 0 Å². The van der Waals surface area contributed by atoms with Gasteiger partial charge in [0, 0.05) is 5.92 Å². The van der Waals surface area contributed by atoms with Crippen LogP contribution in [0.25, 0.3) is 0 Å². The van der Waals surface area contributed by atoms with E-state index in [0.717, 1.165) is 11.1 Å². The van der Waals surface area contributed by atoms with Gasteiger partial charge in [-0.05, 0) is 35.4 Å². The maximum atomic E-state index is 8.77. The van der Waals surface area contributed by atoms with Gasteiger partial charge in [-0.15, -0.1) is 0 Å². The first-order chi connectivity index (χ1) is 8.61. The van der Waals surface area contributed by atoms with Crippen LogP contribution in [0.2, 0.25) is 10.0 Å². The van der Waals surface area contributed by atoms with Crippen molar-refractivity contribution in [3.05, 3.63) is 69.2 Å². The lowest BCUT2D eigenvalue weighted by molar-refractivity contribution is 0.922. The molecule has 0 N–H and O–H groups in total. The summed E-state index contributed by atoms with van der Waals surface area (Å²) < 4.78 is 0. The molecule has 0 saturated carbocycles. The minimum absolute atomic E-state index is 0.215. The fraction of sp³-hybridized carbons (Fsp3) is 0.133. The second-order valence-electron chi connectivity index (χ2n) is 4.13. The Labute approximate surface area is 117 Å². The Kier molecular flexibility index (Phi) is 3.91. The van der Waals surface area contributed by atoms with Crippen molar-refractivity contribution in [2.24, 2.45) is 0 Å². The van der Waals surface area contributed by atoms with E-state index in [4.69, 9.17) is 28.5 Å². The van der Waals surface area contributed by atoms with Crippen molar-refractivity contribution < 1.29 is 0 Å². The fourth-order valence-corrected chi connectivity index (χ4v) is 2.13. The first-order valence-electron chi connectivity index (χ1n) is 5.57. The van der Waals surface area contributed by atoms with Crippen LogP contribution in [0.5, 0.6) is 0 Å². The molecule has 1 atom stereocenters. The molecule has 0 amide bonds. The predicted molar refractivity (Wildman–Crippen MR) is 75.1 cm³/mol. The van der Waals surface area contributed by atoms with Crippen LogP contribution < -0.4 is 0 Å². The molecule has 0 radical (unpaired) electrons. The molecule has 18 heavy (non-hydrogen) atoms. The normalized spacial score (nSPS) is 11.9. The standard InChI is InChI=1S/C15H11Cl2N/c1-10(12-4-2-11(9-18)3-5-12)13-6-7-14(16)15(17)8-13/h2-8,10H,1H3. The van der Waals surface area contributed by atoms with Crippen molar-refractivity contribution in [2.75, 3.05) is 0 Å². The zero-order valence-electron chi connectivity index (χ0n) is 9.82. The lowest BCUT2D eigenvalue weighted by Gasteiger charge is -2.13. The molecular weight excluding hydrogens is 265 g/mol. The largest absolute Gasteiger partial charge is 0.192 e. The number of rotatable bonds is 2. The smallest absolute Gasteiger partial charge is 0.0991 e. The third kappa shape index (κ3) is 2.67. The molecule has 2 rings (SSSR count). The van der Waals surface area contributed by atoms with Gasteiger partial charge < -0.3 is 0 Å². The second-order valence-corrected chi connectivity index (χ2v) is 4.94. The molecule has 0 aliphatic rings. The maximum absolute atomic E-state index is 8.77. The van der Waals surface area contributed by atoms with Gasteiger partial charge in [-0.3, -0.25) is 0 Å². The molecule has 0 fully saturated rings. The summed E-state index contributed by atoms with van der Waals surface area (Å²) in [6.07, 6.45) is 0. The number of nitrogens with zero attached hydrogens (tertiary/aromatic N) is 1. The molecule has 0 spiro atoms. The van der Waals surface area contributed by atoms with Crippen molar-refractivity contribution in [1.29, 1.82) is 5.26 Å². The van der Waals surface area contributed by atoms with Crippen molar-refractivity contribution in [1.82, 2.24) is 0 Å². The number of halogens is 2. The Hall–Kier alpha value is -1.49. The topological polar surface area (TPSA) is 23.8 Å². The summed E-state index contributed by atoms with van der Waals surface area (Å²) in [6.45, 7) is 2.10. The average molecular weight is 276 g/mol. The molecule has 2 aromatic rings. The van der Waals surface area contributed by atoms with E-state index in [0.29, 0.717) is 15.6 Å². The molecule has 1 unspecified atom stereocenters. The Bertz CT molecular complexity index is 597. The molecule has 1 nitrogen and oxygen atoms in total. The highest BCUT2D eigenvalue weighted by atomic mass is 35.5. The summed E-state index contributed by atoms with van der Waals surface area (Å²) in [7, 11) is 0. The number of hydrogen-bond acceptors (Lipinski definition) is 1. The van der Waals surface area contributed by atoms with Gasteiger partial charge in [-0.2, -0.15) is 5.26 Å². The minimum atomic E-state index is 0.215. The number of hydrogen-bond donors (Lipinski definition) is 0. The average Bonchev–Trinajstić information content (AvgIpc) is 2.41. The summed E-state index contributed by atoms with van der Waals surface area (Å²) in [5.74, 6) is 0.215. The van der Waals surface area contributed by atoms with Crippen LogP contribution in [0.3, 0.4) is 0 Å². The van der Waals surface area contributed by atoms with Crippen LogP contribution in [0, 0.1) is 11.3 Å². The lowest BCUT2D eigenvalue weighted by atomic mass is 9.93. The second kappa shape index (κ2) is 5.44. The van der Waals surface area contributed by atoms with Crippen molar-refractivity contribution >= 4 is 23.2 Å². The van der Waals surface area contributed by atoms with E-state index >= 15 is 0 Å². The number of nitriles is 1. The van der Waals surface area contributed by atoms with E-state index in [-0.39, 0.29) is 5.92 Å². The zero-order chi connectivity index (χ0) is 13.1.